The molecule has 3 aromatic rings. The van der Waals surface area contributed by atoms with Crippen LogP contribution in [-0.4, -0.2) is 47.2 Å². The van der Waals surface area contributed by atoms with Gasteiger partial charge in [-0.25, -0.2) is 9.97 Å². The molecule has 4 rings (SSSR count). The number of nitrogens with zero attached hydrogens (tertiary/aromatic N) is 4. The third kappa shape index (κ3) is 4.86. The van der Waals surface area contributed by atoms with Gasteiger partial charge >= 0.3 is 0 Å². The van der Waals surface area contributed by atoms with E-state index < -0.39 is 0 Å². The predicted octanol–water partition coefficient (Wildman–Crippen LogP) is 2.64. The number of methoxy groups -OCH3 is 1. The van der Waals surface area contributed by atoms with Crippen LogP contribution in [0.25, 0.3) is 10.2 Å². The molecular weight excluding hydrogens is 418 g/mol. The Bertz CT molecular complexity index is 1140. The van der Waals surface area contributed by atoms with E-state index in [4.69, 9.17) is 9.47 Å². The van der Waals surface area contributed by atoms with Gasteiger partial charge in [0.25, 0.3) is 5.56 Å². The molecule has 10 heteroatoms. The van der Waals surface area contributed by atoms with Gasteiger partial charge in [0, 0.05) is 32.3 Å². The maximum Gasteiger partial charge on any atom is 0.255 e. The highest BCUT2D eigenvalue weighted by atomic mass is 32.1. The second-order valence-electron chi connectivity index (χ2n) is 7.23. The van der Waals surface area contributed by atoms with Gasteiger partial charge in [-0.3, -0.25) is 14.2 Å². The first-order chi connectivity index (χ1) is 15.1. The van der Waals surface area contributed by atoms with Crippen LogP contribution >= 0.6 is 11.3 Å². The minimum atomic E-state index is -0.326. The summed E-state index contributed by atoms with van der Waals surface area (Å²) in [5, 5.41) is 3.29. The topological polar surface area (TPSA) is 98.6 Å². The van der Waals surface area contributed by atoms with Crippen molar-refractivity contribution in [3.63, 3.8) is 0 Å². The fraction of sp³-hybridized carbons (Fsp3) is 0.429. The van der Waals surface area contributed by atoms with Crippen molar-refractivity contribution in [3.8, 4) is 5.75 Å². The number of amides is 1. The molecule has 0 spiro atoms. The number of aromatic nitrogens is 3. The molecular formula is C21H25N5O4S. The van der Waals surface area contributed by atoms with E-state index in [9.17, 15) is 9.59 Å². The standard InChI is InChI=1S/C21H25N5O4S/c1-3-30-15-6-7-17-16(11-15)23-20(31-17)24-18(27)12-26-19(28)10-14(13-29-2)22-21(26)25-8-4-5-9-25/h6-7,10-11H,3-5,8-9,12-13H2,1-2H3,(H,23,24,27). The number of nitrogens with one attached hydrogen (secondary N) is 1. The predicted molar refractivity (Wildman–Crippen MR) is 120 cm³/mol. The number of hydrogen-bond donors (Lipinski definition) is 1. The van der Waals surface area contributed by atoms with Crippen LogP contribution < -0.4 is 20.5 Å². The summed E-state index contributed by atoms with van der Waals surface area (Å²) in [4.78, 5) is 36.6. The zero-order chi connectivity index (χ0) is 21.8. The summed E-state index contributed by atoms with van der Waals surface area (Å²) in [6.45, 7) is 4.23. The first-order valence-corrected chi connectivity index (χ1v) is 11.1. The first kappa shape index (κ1) is 21.3. The van der Waals surface area contributed by atoms with Crippen LogP contribution in [0, 0.1) is 0 Å². The molecule has 1 N–H and O–H groups in total. The number of hydrogen-bond acceptors (Lipinski definition) is 8. The molecule has 1 aliphatic heterocycles. The molecule has 0 aliphatic carbocycles. The molecule has 3 heterocycles. The maximum absolute atomic E-state index is 12.8. The molecule has 164 valence electrons. The zero-order valence-electron chi connectivity index (χ0n) is 17.6. The van der Waals surface area contributed by atoms with Crippen LogP contribution in [0.5, 0.6) is 5.75 Å². The number of benzene rings is 1. The second-order valence-corrected chi connectivity index (χ2v) is 8.26. The lowest BCUT2D eigenvalue weighted by Gasteiger charge is -2.21. The van der Waals surface area contributed by atoms with Crippen molar-refractivity contribution in [1.29, 1.82) is 0 Å². The van der Waals surface area contributed by atoms with Gasteiger partial charge in [-0.05, 0) is 31.9 Å². The normalized spacial score (nSPS) is 13.7. The van der Waals surface area contributed by atoms with Crippen molar-refractivity contribution in [2.45, 2.75) is 32.9 Å². The molecule has 1 aliphatic rings. The Labute approximate surface area is 183 Å². The Morgan fingerprint density at radius 1 is 1.23 bits per heavy atom. The van der Waals surface area contributed by atoms with Crippen molar-refractivity contribution in [1.82, 2.24) is 14.5 Å². The summed E-state index contributed by atoms with van der Waals surface area (Å²) in [6.07, 6.45) is 2.07. The molecule has 1 fully saturated rings. The Morgan fingerprint density at radius 3 is 2.77 bits per heavy atom. The molecule has 1 saturated heterocycles. The molecule has 31 heavy (non-hydrogen) atoms. The Kier molecular flexibility index (Phi) is 6.47. The largest absolute Gasteiger partial charge is 0.494 e. The van der Waals surface area contributed by atoms with Crippen LogP contribution in [0.1, 0.15) is 25.5 Å². The summed E-state index contributed by atoms with van der Waals surface area (Å²) in [5.74, 6) is 0.924. The van der Waals surface area contributed by atoms with Crippen molar-refractivity contribution < 1.29 is 14.3 Å². The van der Waals surface area contributed by atoms with E-state index in [1.807, 2.05) is 30.0 Å². The third-order valence-corrected chi connectivity index (χ3v) is 5.89. The molecule has 1 amide bonds. The number of carbonyl (C=O) groups is 1. The average Bonchev–Trinajstić information content (AvgIpc) is 3.39. The Hall–Kier alpha value is -2.98. The number of ether oxygens (including phenoxy) is 2. The quantitative estimate of drug-likeness (QED) is 0.571. The van der Waals surface area contributed by atoms with Gasteiger partial charge in [0.1, 0.15) is 12.3 Å². The van der Waals surface area contributed by atoms with Crippen LogP contribution in [0.3, 0.4) is 0 Å². The maximum atomic E-state index is 12.8. The smallest absolute Gasteiger partial charge is 0.255 e. The number of fused-ring (bicyclic) bond motifs is 1. The number of carbonyl (C=O) groups excluding carboxylic acids is 1. The Balaban J connectivity index is 1.55. The summed E-state index contributed by atoms with van der Waals surface area (Å²) in [7, 11) is 1.56. The van der Waals surface area contributed by atoms with Gasteiger partial charge in [-0.15, -0.1) is 0 Å². The van der Waals surface area contributed by atoms with Gasteiger partial charge in [0.2, 0.25) is 11.9 Å². The zero-order valence-corrected chi connectivity index (χ0v) is 18.4. The van der Waals surface area contributed by atoms with Crippen molar-refractivity contribution in [2.24, 2.45) is 0 Å². The van der Waals surface area contributed by atoms with Gasteiger partial charge < -0.3 is 19.7 Å². The molecule has 0 unspecified atom stereocenters. The molecule has 0 radical (unpaired) electrons. The van der Waals surface area contributed by atoms with Crippen LogP contribution in [0.2, 0.25) is 0 Å². The highest BCUT2D eigenvalue weighted by Crippen LogP contribution is 2.29. The molecule has 0 atom stereocenters. The highest BCUT2D eigenvalue weighted by molar-refractivity contribution is 7.22. The van der Waals surface area contributed by atoms with Crippen molar-refractivity contribution >= 4 is 38.5 Å². The first-order valence-electron chi connectivity index (χ1n) is 10.2. The van der Waals surface area contributed by atoms with Crippen LogP contribution in [0.4, 0.5) is 11.1 Å². The fourth-order valence-corrected chi connectivity index (χ4v) is 4.45. The van der Waals surface area contributed by atoms with Gasteiger partial charge in [-0.2, -0.15) is 0 Å². The fourth-order valence-electron chi connectivity index (χ4n) is 3.59. The van der Waals surface area contributed by atoms with E-state index in [2.05, 4.69) is 15.3 Å². The lowest BCUT2D eigenvalue weighted by atomic mass is 10.3. The van der Waals surface area contributed by atoms with Gasteiger partial charge in [0.05, 0.1) is 29.1 Å². The summed E-state index contributed by atoms with van der Waals surface area (Å²) in [6, 6.07) is 7.07. The second kappa shape index (κ2) is 9.44. The highest BCUT2D eigenvalue weighted by Gasteiger charge is 2.21. The van der Waals surface area contributed by atoms with E-state index in [1.165, 1.54) is 22.0 Å². The molecule has 1 aromatic carbocycles. The number of thiazole rings is 1. The third-order valence-electron chi connectivity index (χ3n) is 4.94. The lowest BCUT2D eigenvalue weighted by molar-refractivity contribution is -0.116. The van der Waals surface area contributed by atoms with E-state index in [1.54, 1.807) is 7.11 Å². The molecule has 9 nitrogen and oxygen atoms in total. The SMILES string of the molecule is CCOc1ccc2sc(NC(=O)Cn3c(N4CCCC4)nc(COC)cc3=O)nc2c1. The monoisotopic (exact) mass is 443 g/mol. The van der Waals surface area contributed by atoms with E-state index in [-0.39, 0.29) is 24.6 Å². The van der Waals surface area contributed by atoms with Crippen molar-refractivity contribution in [3.05, 3.63) is 40.3 Å². The number of anilines is 2. The van der Waals surface area contributed by atoms with E-state index in [0.29, 0.717) is 23.4 Å². The molecule has 0 saturated carbocycles. The minimum Gasteiger partial charge on any atom is -0.494 e. The average molecular weight is 444 g/mol. The minimum absolute atomic E-state index is 0.134. The molecule has 2 aromatic heterocycles. The van der Waals surface area contributed by atoms with Crippen molar-refractivity contribution in [2.75, 3.05) is 37.0 Å². The number of rotatable bonds is 8. The van der Waals surface area contributed by atoms with Gasteiger partial charge in [-0.1, -0.05) is 11.3 Å². The van der Waals surface area contributed by atoms with Crippen LogP contribution in [-0.2, 0) is 22.7 Å². The van der Waals surface area contributed by atoms with Gasteiger partial charge in [0.15, 0.2) is 5.13 Å². The molecule has 0 bridgehead atoms. The lowest BCUT2D eigenvalue weighted by Crippen LogP contribution is -2.34. The summed E-state index contributed by atoms with van der Waals surface area (Å²) >= 11 is 1.38. The van der Waals surface area contributed by atoms with E-state index >= 15 is 0 Å². The summed E-state index contributed by atoms with van der Waals surface area (Å²) in [5.41, 5.74) is 1.04. The Morgan fingerprint density at radius 2 is 2.03 bits per heavy atom. The summed E-state index contributed by atoms with van der Waals surface area (Å²) < 4.78 is 13.0. The van der Waals surface area contributed by atoms with E-state index in [0.717, 1.165) is 41.9 Å². The van der Waals surface area contributed by atoms with Crippen LogP contribution in [0.15, 0.2) is 29.1 Å².